The van der Waals surface area contributed by atoms with E-state index >= 15 is 0 Å². The Morgan fingerprint density at radius 1 is 0.897 bits per heavy atom. The van der Waals surface area contributed by atoms with Gasteiger partial charge in [0, 0.05) is 11.6 Å². The third-order valence-corrected chi connectivity index (χ3v) is 9.12. The fourth-order valence-electron chi connectivity index (χ4n) is 6.17. The van der Waals surface area contributed by atoms with Crippen LogP contribution in [0.15, 0.2) is 59.5 Å². The Morgan fingerprint density at radius 2 is 1.62 bits per heavy atom. The molecule has 4 nitrogen and oxygen atoms in total. The largest absolute Gasteiger partial charge is 0.349 e. The van der Waals surface area contributed by atoms with Crippen LogP contribution in [0.1, 0.15) is 48.0 Å². The first-order valence-electron chi connectivity index (χ1n) is 10.7. The summed E-state index contributed by atoms with van der Waals surface area (Å²) >= 11 is 0. The van der Waals surface area contributed by atoms with Crippen LogP contribution in [0, 0.1) is 23.7 Å². The number of benzene rings is 2. The van der Waals surface area contributed by atoms with Gasteiger partial charge in [0.05, 0.1) is 10.6 Å². The maximum absolute atomic E-state index is 12.8. The third-order valence-electron chi connectivity index (χ3n) is 7.42. The van der Waals surface area contributed by atoms with E-state index in [-0.39, 0.29) is 11.7 Å². The molecular formula is C24H27NO3S. The molecule has 0 aliphatic heterocycles. The van der Waals surface area contributed by atoms with Crippen LogP contribution in [0.25, 0.3) is 0 Å². The van der Waals surface area contributed by atoms with Gasteiger partial charge in [0.25, 0.3) is 5.91 Å². The average Bonchev–Trinajstić information content (AvgIpc) is 3.42. The van der Waals surface area contributed by atoms with Crippen LogP contribution in [-0.4, -0.2) is 20.4 Å². The van der Waals surface area contributed by atoms with Gasteiger partial charge >= 0.3 is 0 Å². The minimum atomic E-state index is -3.38. The zero-order chi connectivity index (χ0) is 20.0. The maximum Gasteiger partial charge on any atom is 0.251 e. The lowest BCUT2D eigenvalue weighted by atomic mass is 9.79. The van der Waals surface area contributed by atoms with Crippen molar-refractivity contribution in [2.75, 3.05) is 0 Å². The fourth-order valence-corrected chi connectivity index (χ4v) is 7.54. The van der Waals surface area contributed by atoms with Gasteiger partial charge in [-0.05, 0) is 79.2 Å². The molecule has 0 saturated heterocycles. The Morgan fingerprint density at radius 3 is 2.38 bits per heavy atom. The molecule has 1 amide bonds. The molecule has 2 bridgehead atoms. The molecule has 0 radical (unpaired) electrons. The first-order chi connectivity index (χ1) is 14.0. The molecule has 3 saturated carbocycles. The molecule has 3 fully saturated rings. The van der Waals surface area contributed by atoms with Crippen LogP contribution in [0.3, 0.4) is 0 Å². The maximum atomic E-state index is 12.8. The summed E-state index contributed by atoms with van der Waals surface area (Å²) in [6.07, 6.45) is 6.50. The van der Waals surface area contributed by atoms with Crippen LogP contribution < -0.4 is 5.32 Å². The standard InChI is InChI=1S/C24H27NO3S/c26-24(25-23-14-18-13-22(23)21-8-4-7-20(18)21)17-11-9-16(10-12-17)15-29(27,28)19-5-2-1-3-6-19/h1-3,5-6,9-12,18,20-23H,4,7-8,13-15H2,(H,25,26)/t18-,20-,21+,22+,23-/m1/s1. The van der Waals surface area contributed by atoms with E-state index in [9.17, 15) is 13.2 Å². The van der Waals surface area contributed by atoms with Crippen LogP contribution in [-0.2, 0) is 15.6 Å². The third kappa shape index (κ3) is 3.50. The number of rotatable bonds is 5. The molecule has 0 heterocycles. The Kier molecular flexibility index (Phi) is 4.73. The molecule has 152 valence electrons. The highest BCUT2D eigenvalue weighted by molar-refractivity contribution is 7.90. The molecule has 5 heteroatoms. The summed E-state index contributed by atoms with van der Waals surface area (Å²) in [5.41, 5.74) is 1.30. The number of carbonyl (C=O) groups excluding carboxylic acids is 1. The summed E-state index contributed by atoms with van der Waals surface area (Å²) in [6.45, 7) is 0. The molecule has 1 N–H and O–H groups in total. The van der Waals surface area contributed by atoms with Crippen molar-refractivity contribution in [1.82, 2.24) is 5.32 Å². The van der Waals surface area contributed by atoms with E-state index in [0.29, 0.717) is 28.0 Å². The van der Waals surface area contributed by atoms with Gasteiger partial charge in [-0.15, -0.1) is 0 Å². The molecule has 2 aromatic rings. The second-order valence-corrected chi connectivity index (χ2v) is 11.0. The second-order valence-electron chi connectivity index (χ2n) is 9.00. The fraction of sp³-hybridized carbons (Fsp3) is 0.458. The quantitative estimate of drug-likeness (QED) is 0.804. The van der Waals surface area contributed by atoms with Gasteiger partial charge in [-0.3, -0.25) is 4.79 Å². The van der Waals surface area contributed by atoms with E-state index < -0.39 is 9.84 Å². The van der Waals surface area contributed by atoms with E-state index in [1.165, 1.54) is 25.7 Å². The lowest BCUT2D eigenvalue weighted by molar-refractivity contribution is 0.0901. The molecule has 3 aliphatic rings. The van der Waals surface area contributed by atoms with Crippen LogP contribution in [0.2, 0.25) is 0 Å². The number of sulfone groups is 1. The van der Waals surface area contributed by atoms with Crippen molar-refractivity contribution >= 4 is 15.7 Å². The molecule has 2 aromatic carbocycles. The number of hydrogen-bond donors (Lipinski definition) is 1. The number of nitrogens with one attached hydrogen (secondary N) is 1. The Bertz CT molecular complexity index is 1000. The van der Waals surface area contributed by atoms with Gasteiger partial charge in [0.1, 0.15) is 0 Å². The number of amides is 1. The summed E-state index contributed by atoms with van der Waals surface area (Å²) in [7, 11) is -3.38. The lowest BCUT2D eigenvalue weighted by Gasteiger charge is -2.32. The highest BCUT2D eigenvalue weighted by atomic mass is 32.2. The van der Waals surface area contributed by atoms with Crippen molar-refractivity contribution in [3.05, 3.63) is 65.7 Å². The first kappa shape index (κ1) is 18.9. The Balaban J connectivity index is 1.23. The van der Waals surface area contributed by atoms with E-state index in [1.54, 1.807) is 54.6 Å². The van der Waals surface area contributed by atoms with E-state index in [1.807, 2.05) is 0 Å². The van der Waals surface area contributed by atoms with E-state index in [4.69, 9.17) is 0 Å². The zero-order valence-electron chi connectivity index (χ0n) is 16.5. The molecule has 29 heavy (non-hydrogen) atoms. The number of fused-ring (bicyclic) bond motifs is 5. The zero-order valence-corrected chi connectivity index (χ0v) is 17.3. The van der Waals surface area contributed by atoms with Gasteiger partial charge in [-0.1, -0.05) is 36.8 Å². The van der Waals surface area contributed by atoms with Gasteiger partial charge in [0.2, 0.25) is 0 Å². The number of hydrogen-bond acceptors (Lipinski definition) is 3. The monoisotopic (exact) mass is 409 g/mol. The first-order valence-corrected chi connectivity index (χ1v) is 12.3. The summed E-state index contributed by atoms with van der Waals surface area (Å²) in [4.78, 5) is 13.1. The Labute approximate surface area is 172 Å². The minimum Gasteiger partial charge on any atom is -0.349 e. The number of carbonyl (C=O) groups is 1. The lowest BCUT2D eigenvalue weighted by Crippen LogP contribution is -2.42. The van der Waals surface area contributed by atoms with Crippen molar-refractivity contribution < 1.29 is 13.2 Å². The highest BCUT2D eigenvalue weighted by Gasteiger charge is 2.54. The summed E-state index contributed by atoms with van der Waals surface area (Å²) in [6, 6.07) is 15.8. The smallest absolute Gasteiger partial charge is 0.251 e. The van der Waals surface area contributed by atoms with Crippen LogP contribution in [0.5, 0.6) is 0 Å². The SMILES string of the molecule is O=C(N[C@@H]1C[C@H]2C[C@H]1[C@H]1CCC[C@H]21)c1ccc(CS(=O)(=O)c2ccccc2)cc1. The van der Waals surface area contributed by atoms with Crippen LogP contribution in [0.4, 0.5) is 0 Å². The van der Waals surface area contributed by atoms with Crippen molar-refractivity contribution in [2.45, 2.75) is 48.8 Å². The average molecular weight is 410 g/mol. The van der Waals surface area contributed by atoms with Gasteiger partial charge in [0.15, 0.2) is 9.84 Å². The van der Waals surface area contributed by atoms with Crippen LogP contribution >= 0.6 is 0 Å². The summed E-state index contributed by atoms with van der Waals surface area (Å²) < 4.78 is 25.1. The highest BCUT2D eigenvalue weighted by Crippen LogP contribution is 2.58. The minimum absolute atomic E-state index is 0.0328. The van der Waals surface area contributed by atoms with Crippen molar-refractivity contribution in [3.63, 3.8) is 0 Å². The predicted octanol–water partition coefficient (Wildman–Crippen LogP) is 4.22. The molecule has 3 aliphatic carbocycles. The van der Waals surface area contributed by atoms with E-state index in [2.05, 4.69) is 5.32 Å². The van der Waals surface area contributed by atoms with Crippen molar-refractivity contribution in [3.8, 4) is 0 Å². The van der Waals surface area contributed by atoms with Crippen molar-refractivity contribution in [2.24, 2.45) is 23.7 Å². The van der Waals surface area contributed by atoms with Gasteiger partial charge in [-0.2, -0.15) is 0 Å². The molecule has 0 unspecified atom stereocenters. The Hall–Kier alpha value is -2.14. The van der Waals surface area contributed by atoms with Crippen molar-refractivity contribution in [1.29, 1.82) is 0 Å². The normalized spacial score (nSPS) is 30.3. The molecular weight excluding hydrogens is 382 g/mol. The topological polar surface area (TPSA) is 63.2 Å². The molecule has 0 aromatic heterocycles. The molecule has 0 spiro atoms. The second kappa shape index (κ2) is 7.28. The molecule has 5 rings (SSSR count). The van der Waals surface area contributed by atoms with Gasteiger partial charge in [-0.25, -0.2) is 8.42 Å². The summed E-state index contributed by atoms with van der Waals surface area (Å²) in [5.74, 6) is 3.11. The molecule has 5 atom stereocenters. The van der Waals surface area contributed by atoms with Gasteiger partial charge < -0.3 is 5.32 Å². The summed E-state index contributed by atoms with van der Waals surface area (Å²) in [5, 5.41) is 3.28. The van der Waals surface area contributed by atoms with E-state index in [0.717, 1.165) is 24.2 Å². The predicted molar refractivity (Wildman–Crippen MR) is 112 cm³/mol.